The summed E-state index contributed by atoms with van der Waals surface area (Å²) in [5.41, 5.74) is -0.245. The Hall–Kier alpha value is -5.01. The fourth-order valence-electron chi connectivity index (χ4n) is 5.26. The first-order chi connectivity index (χ1) is 23.5. The zero-order valence-corrected chi connectivity index (χ0v) is 28.0. The second-order valence-electron chi connectivity index (χ2n) is 11.7. The molecule has 1 N–H and O–H groups in total. The third-order valence-corrected chi connectivity index (χ3v) is 7.77. The van der Waals surface area contributed by atoms with E-state index < -0.39 is 42.1 Å². The Morgan fingerprint density at radius 3 is 2.00 bits per heavy atom. The van der Waals surface area contributed by atoms with Gasteiger partial charge in [0.25, 0.3) is 0 Å². The number of benzene rings is 3. The van der Waals surface area contributed by atoms with E-state index in [2.05, 4.69) is 9.97 Å². The number of hydrogen-bond acceptors (Lipinski definition) is 7. The van der Waals surface area contributed by atoms with Crippen molar-refractivity contribution in [3.63, 3.8) is 0 Å². The van der Waals surface area contributed by atoms with Crippen molar-refractivity contribution in [1.82, 2.24) is 9.97 Å². The van der Waals surface area contributed by atoms with Crippen LogP contribution in [0.25, 0.3) is 11.1 Å². The molecule has 1 heterocycles. The van der Waals surface area contributed by atoms with Gasteiger partial charge in [-0.05, 0) is 84.0 Å². The van der Waals surface area contributed by atoms with Crippen LogP contribution in [0.15, 0.2) is 67.0 Å². The predicted octanol–water partition coefficient (Wildman–Crippen LogP) is 9.16. The molecule has 50 heavy (non-hydrogen) atoms. The van der Waals surface area contributed by atoms with Crippen molar-refractivity contribution in [2.45, 2.75) is 71.6 Å². The number of anilines is 1. The molecule has 14 heteroatoms. The van der Waals surface area contributed by atoms with Crippen LogP contribution in [0.3, 0.4) is 0 Å². The number of hydrogen-bond donors (Lipinski definition) is 1. The molecule has 0 saturated heterocycles. The van der Waals surface area contributed by atoms with Gasteiger partial charge in [0.2, 0.25) is 5.95 Å². The summed E-state index contributed by atoms with van der Waals surface area (Å²) in [6.45, 7) is 7.23. The van der Waals surface area contributed by atoms with Crippen LogP contribution in [-0.4, -0.2) is 40.9 Å². The molecule has 0 bridgehead atoms. The summed E-state index contributed by atoms with van der Waals surface area (Å²) >= 11 is 0. The molecule has 3 aromatic carbocycles. The van der Waals surface area contributed by atoms with E-state index in [4.69, 9.17) is 14.2 Å². The van der Waals surface area contributed by atoms with Gasteiger partial charge in [-0.1, -0.05) is 32.9 Å². The number of halogens is 6. The average molecular weight is 706 g/mol. The lowest BCUT2D eigenvalue weighted by Crippen LogP contribution is -2.27. The molecule has 0 radical (unpaired) electrons. The summed E-state index contributed by atoms with van der Waals surface area (Å²) in [5.74, 6) is -0.0817. The molecule has 1 unspecified atom stereocenters. The van der Waals surface area contributed by atoms with Crippen LogP contribution in [0.5, 0.6) is 17.2 Å². The van der Waals surface area contributed by atoms with E-state index in [1.807, 2.05) is 32.0 Å². The summed E-state index contributed by atoms with van der Waals surface area (Å²) in [7, 11) is 1.52. The third-order valence-electron chi connectivity index (χ3n) is 7.77. The van der Waals surface area contributed by atoms with Crippen LogP contribution in [0.4, 0.5) is 32.3 Å². The first kappa shape index (κ1) is 37.8. The number of ether oxygens (including phenoxy) is 3. The summed E-state index contributed by atoms with van der Waals surface area (Å²) in [4.78, 5) is 21.5. The molecule has 0 aliphatic heterocycles. The standard InChI is InChI=1S/C36H37F6N3O5/c1-6-31(33(46)47)50-28-17-43-34(44-18-28)45(19-22-12-25(35(37,38)39)16-26(13-22)36(40,41)42)20-24-14-27(49-7-2)9-10-29(24)30-15-23(21(3)4)8-11-32(30)48-5/h8-18,21,31H,6-7,19-20H2,1-5H3,(H,46,47). The molecule has 1 atom stereocenters. The second kappa shape index (κ2) is 15.7. The summed E-state index contributed by atoms with van der Waals surface area (Å²) < 4.78 is 99.7. The third kappa shape index (κ3) is 9.36. The molecular formula is C36H37F6N3O5. The number of nitrogens with zero attached hydrogens (tertiary/aromatic N) is 3. The van der Waals surface area contributed by atoms with Crippen molar-refractivity contribution in [2.75, 3.05) is 18.6 Å². The number of carboxylic acid groups (broad SMARTS) is 1. The highest BCUT2D eigenvalue weighted by atomic mass is 19.4. The number of aromatic nitrogens is 2. The molecule has 0 amide bonds. The van der Waals surface area contributed by atoms with E-state index in [9.17, 15) is 36.2 Å². The SMILES string of the molecule is CCOc1ccc(-c2cc(C(C)C)ccc2OC)c(CN(Cc2cc(C(F)(F)F)cc(C(F)(F)F)c2)c2ncc(OC(CC)C(=O)O)cn2)c1. The fourth-order valence-corrected chi connectivity index (χ4v) is 5.26. The van der Waals surface area contributed by atoms with E-state index in [0.717, 1.165) is 5.56 Å². The number of carbonyl (C=O) groups is 1. The molecular weight excluding hydrogens is 668 g/mol. The van der Waals surface area contributed by atoms with Gasteiger partial charge in [0.1, 0.15) is 11.5 Å². The molecule has 0 aliphatic carbocycles. The Bertz CT molecular complexity index is 1750. The Kier molecular flexibility index (Phi) is 11.9. The van der Waals surface area contributed by atoms with Gasteiger partial charge >= 0.3 is 18.3 Å². The van der Waals surface area contributed by atoms with Crippen molar-refractivity contribution < 1.29 is 50.5 Å². The van der Waals surface area contributed by atoms with Crippen molar-refractivity contribution >= 4 is 11.9 Å². The van der Waals surface area contributed by atoms with Crippen LogP contribution in [0, 0.1) is 0 Å². The lowest BCUT2D eigenvalue weighted by molar-refractivity contribution is -0.145. The second-order valence-corrected chi connectivity index (χ2v) is 11.7. The number of carboxylic acids is 1. The highest BCUT2D eigenvalue weighted by Gasteiger charge is 2.37. The Morgan fingerprint density at radius 1 is 0.840 bits per heavy atom. The van der Waals surface area contributed by atoms with Gasteiger partial charge in [-0.25, -0.2) is 14.8 Å². The molecule has 0 fully saturated rings. The topological polar surface area (TPSA) is 94.0 Å². The molecule has 268 valence electrons. The van der Waals surface area contributed by atoms with Crippen LogP contribution in [0.1, 0.15) is 67.9 Å². The summed E-state index contributed by atoms with van der Waals surface area (Å²) in [5, 5.41) is 9.38. The minimum atomic E-state index is -5.05. The normalized spacial score (nSPS) is 12.5. The number of aliphatic carboxylic acids is 1. The number of rotatable bonds is 14. The number of alkyl halides is 6. The van der Waals surface area contributed by atoms with Crippen LogP contribution in [-0.2, 0) is 30.2 Å². The van der Waals surface area contributed by atoms with E-state index in [-0.39, 0.29) is 42.2 Å². The molecule has 0 saturated carbocycles. The van der Waals surface area contributed by atoms with Crippen molar-refractivity contribution in [2.24, 2.45) is 0 Å². The van der Waals surface area contributed by atoms with Gasteiger partial charge in [0.15, 0.2) is 11.9 Å². The zero-order chi connectivity index (χ0) is 36.8. The van der Waals surface area contributed by atoms with Gasteiger partial charge in [0.05, 0.1) is 37.2 Å². The Morgan fingerprint density at radius 2 is 1.48 bits per heavy atom. The van der Waals surface area contributed by atoms with E-state index in [0.29, 0.717) is 46.9 Å². The zero-order valence-electron chi connectivity index (χ0n) is 28.0. The molecule has 1 aromatic heterocycles. The van der Waals surface area contributed by atoms with Crippen molar-refractivity contribution in [1.29, 1.82) is 0 Å². The maximum atomic E-state index is 13.8. The minimum absolute atomic E-state index is 0.00986. The molecule has 0 aliphatic rings. The highest BCUT2D eigenvalue weighted by Crippen LogP contribution is 2.39. The van der Waals surface area contributed by atoms with Gasteiger partial charge in [-0.15, -0.1) is 0 Å². The Balaban J connectivity index is 1.89. The minimum Gasteiger partial charge on any atom is -0.496 e. The average Bonchev–Trinajstić information content (AvgIpc) is 3.06. The maximum absolute atomic E-state index is 13.8. The van der Waals surface area contributed by atoms with Crippen LogP contribution >= 0.6 is 0 Å². The van der Waals surface area contributed by atoms with Gasteiger partial charge < -0.3 is 24.2 Å². The van der Waals surface area contributed by atoms with Gasteiger partial charge in [-0.2, -0.15) is 26.3 Å². The first-order valence-electron chi connectivity index (χ1n) is 15.7. The lowest BCUT2D eigenvalue weighted by Gasteiger charge is -2.26. The molecule has 4 aromatic rings. The number of methoxy groups -OCH3 is 1. The largest absolute Gasteiger partial charge is 0.496 e. The van der Waals surface area contributed by atoms with Gasteiger partial charge in [-0.3, -0.25) is 0 Å². The fraction of sp³-hybridized carbons (Fsp3) is 0.361. The first-order valence-corrected chi connectivity index (χ1v) is 15.7. The summed E-state index contributed by atoms with van der Waals surface area (Å²) in [6.07, 6.45) is -8.75. The maximum Gasteiger partial charge on any atom is 0.416 e. The molecule has 8 nitrogen and oxygen atoms in total. The van der Waals surface area contributed by atoms with Crippen LogP contribution in [0.2, 0.25) is 0 Å². The van der Waals surface area contributed by atoms with E-state index >= 15 is 0 Å². The monoisotopic (exact) mass is 705 g/mol. The highest BCUT2D eigenvalue weighted by molar-refractivity contribution is 5.75. The lowest BCUT2D eigenvalue weighted by atomic mass is 9.93. The summed E-state index contributed by atoms with van der Waals surface area (Å²) in [6, 6.07) is 12.4. The predicted molar refractivity (Wildman–Crippen MR) is 174 cm³/mol. The van der Waals surface area contributed by atoms with E-state index in [1.54, 1.807) is 32.0 Å². The molecule has 0 spiro atoms. The smallest absolute Gasteiger partial charge is 0.416 e. The van der Waals surface area contributed by atoms with Crippen molar-refractivity contribution in [3.8, 4) is 28.4 Å². The van der Waals surface area contributed by atoms with Gasteiger partial charge in [0, 0.05) is 18.7 Å². The molecule has 4 rings (SSSR count). The van der Waals surface area contributed by atoms with Crippen LogP contribution < -0.4 is 19.1 Å². The quantitative estimate of drug-likeness (QED) is 0.130. The van der Waals surface area contributed by atoms with Crippen molar-refractivity contribution in [3.05, 3.63) is 94.8 Å². The Labute approximate surface area is 285 Å². The van der Waals surface area contributed by atoms with E-state index in [1.165, 1.54) is 24.4 Å².